The number of carboxylic acids is 1. The Morgan fingerprint density at radius 3 is 1.13 bits per heavy atom. The number of hydrogen-bond acceptors (Lipinski definition) is 11. The Morgan fingerprint density at radius 2 is 0.723 bits per heavy atom. The minimum Gasteiger partial charge on any atom is -0.479 e. The maximum atomic E-state index is 13.2. The maximum absolute atomic E-state index is 13.2. The summed E-state index contributed by atoms with van der Waals surface area (Å²) in [5.74, 6) is -3.13. The van der Waals surface area contributed by atoms with E-state index in [2.05, 4.69) is 81.5 Å². The fraction of sp³-hybridized carbons (Fsp3) is 0.803. The van der Waals surface area contributed by atoms with Crippen LogP contribution in [0.25, 0.3) is 0 Å². The molecule has 12 nitrogen and oxygen atoms in total. The van der Waals surface area contributed by atoms with E-state index >= 15 is 0 Å². The number of unbranched alkanes of at least 4 members (excludes halogenated alkanes) is 35. The van der Waals surface area contributed by atoms with Gasteiger partial charge in [0.2, 0.25) is 0 Å². The summed E-state index contributed by atoms with van der Waals surface area (Å²) < 4.78 is 28.6. The molecule has 0 aromatic rings. The van der Waals surface area contributed by atoms with Gasteiger partial charge in [-0.05, 0) is 109 Å². The van der Waals surface area contributed by atoms with E-state index in [1.807, 2.05) is 0 Å². The fourth-order valence-corrected chi connectivity index (χ4v) is 10.2. The monoisotopic (exact) mass is 1170 g/mol. The highest BCUT2D eigenvalue weighted by Gasteiger charge is 2.50. The van der Waals surface area contributed by atoms with Gasteiger partial charge in [0, 0.05) is 19.3 Å². The van der Waals surface area contributed by atoms with Gasteiger partial charge in [0.1, 0.15) is 18.8 Å². The summed E-state index contributed by atoms with van der Waals surface area (Å²) in [6, 6.07) is 0. The number of ether oxygens (including phenoxy) is 5. The highest BCUT2D eigenvalue weighted by molar-refractivity contribution is 5.74. The van der Waals surface area contributed by atoms with Gasteiger partial charge >= 0.3 is 23.9 Å². The molecule has 12 heteroatoms. The molecule has 0 amide bonds. The van der Waals surface area contributed by atoms with Gasteiger partial charge in [-0.25, -0.2) is 4.79 Å². The Labute approximate surface area is 506 Å². The van der Waals surface area contributed by atoms with Crippen LogP contribution in [-0.4, -0.2) is 89.2 Å². The van der Waals surface area contributed by atoms with E-state index in [4.69, 9.17) is 23.7 Å². The van der Waals surface area contributed by atoms with Crippen LogP contribution in [0, 0.1) is 0 Å². The van der Waals surface area contributed by atoms with Crippen LogP contribution in [-0.2, 0) is 42.9 Å². The van der Waals surface area contributed by atoms with E-state index in [0.717, 1.165) is 109 Å². The van der Waals surface area contributed by atoms with E-state index in [9.17, 15) is 34.5 Å². The summed E-state index contributed by atoms with van der Waals surface area (Å²) in [7, 11) is 0. The molecule has 480 valence electrons. The summed E-state index contributed by atoms with van der Waals surface area (Å²) in [5.41, 5.74) is 0. The molecule has 1 heterocycles. The van der Waals surface area contributed by atoms with E-state index in [-0.39, 0.29) is 25.9 Å². The molecule has 1 fully saturated rings. The molecular weight excluding hydrogens is 1040 g/mol. The molecule has 0 aromatic carbocycles. The molecule has 0 aromatic heterocycles. The Bertz CT molecular complexity index is 1670. The van der Waals surface area contributed by atoms with Gasteiger partial charge in [0.15, 0.2) is 24.6 Å². The molecule has 1 rings (SSSR count). The minimum absolute atomic E-state index is 0.0452. The molecule has 0 saturated carbocycles. The van der Waals surface area contributed by atoms with Crippen LogP contribution >= 0.6 is 0 Å². The second kappa shape index (κ2) is 58.8. The number of carboxylic acid groups (broad SMARTS) is 1. The van der Waals surface area contributed by atoms with Crippen molar-refractivity contribution in [1.29, 1.82) is 0 Å². The molecule has 0 aliphatic carbocycles. The zero-order chi connectivity index (χ0) is 60.3. The lowest BCUT2D eigenvalue weighted by Crippen LogP contribution is -2.61. The largest absolute Gasteiger partial charge is 0.479 e. The van der Waals surface area contributed by atoms with E-state index < -0.39 is 67.3 Å². The van der Waals surface area contributed by atoms with Gasteiger partial charge in [-0.2, -0.15) is 0 Å². The zero-order valence-corrected chi connectivity index (χ0v) is 53.2. The number of rotatable bonds is 59. The lowest BCUT2D eigenvalue weighted by molar-refractivity contribution is -0.301. The third kappa shape index (κ3) is 48.3. The van der Waals surface area contributed by atoms with Crippen molar-refractivity contribution < 1.29 is 58.2 Å². The first kappa shape index (κ1) is 77.4. The first-order valence-corrected chi connectivity index (χ1v) is 34.3. The van der Waals surface area contributed by atoms with Gasteiger partial charge in [0.25, 0.3) is 0 Å². The number of aliphatic hydroxyl groups is 2. The lowest BCUT2D eigenvalue weighted by atomic mass is 9.98. The van der Waals surface area contributed by atoms with Crippen LogP contribution in [0.4, 0.5) is 0 Å². The third-order valence-corrected chi connectivity index (χ3v) is 15.5. The normalized spacial score (nSPS) is 17.9. The fourth-order valence-electron chi connectivity index (χ4n) is 10.2. The van der Waals surface area contributed by atoms with Crippen molar-refractivity contribution in [2.75, 3.05) is 13.2 Å². The molecule has 6 atom stereocenters. The molecule has 6 unspecified atom stereocenters. The third-order valence-electron chi connectivity index (χ3n) is 15.5. The van der Waals surface area contributed by atoms with Crippen molar-refractivity contribution >= 4 is 23.9 Å². The predicted octanol–water partition coefficient (Wildman–Crippen LogP) is 18.7. The van der Waals surface area contributed by atoms with E-state index in [1.54, 1.807) is 0 Å². The van der Waals surface area contributed by atoms with Gasteiger partial charge < -0.3 is 39.0 Å². The summed E-state index contributed by atoms with van der Waals surface area (Å²) in [4.78, 5) is 51.4. The van der Waals surface area contributed by atoms with E-state index in [1.165, 1.54) is 148 Å². The molecule has 1 saturated heterocycles. The Kier molecular flexibility index (Phi) is 54.8. The topological polar surface area (TPSA) is 175 Å². The first-order valence-electron chi connectivity index (χ1n) is 34.3. The molecule has 3 N–H and O–H groups in total. The second-order valence-electron chi connectivity index (χ2n) is 23.5. The first-order chi connectivity index (χ1) is 40.6. The van der Waals surface area contributed by atoms with Crippen molar-refractivity contribution in [1.82, 2.24) is 0 Å². The molecule has 1 aliphatic rings. The summed E-state index contributed by atoms with van der Waals surface area (Å²) in [6.07, 6.45) is 61.7. The Hall–Kier alpha value is -3.58. The number of carbonyl (C=O) groups excluding carboxylic acids is 3. The molecule has 83 heavy (non-hydrogen) atoms. The SMILES string of the molecule is CCCCC/C=C\C/C=C\C/C=C\CCCCCCCCC(=O)OC1C(OCC(COC(=O)CCCCCCCCCCC/C=C\CCCCCCCC)OC(=O)CCCCCCC/C=C\CCCCCCCC)OC(C(=O)O)C(O)C1O. The van der Waals surface area contributed by atoms with Crippen molar-refractivity contribution in [3.8, 4) is 0 Å². The minimum atomic E-state index is -1.91. The second-order valence-corrected chi connectivity index (χ2v) is 23.5. The maximum Gasteiger partial charge on any atom is 0.335 e. The van der Waals surface area contributed by atoms with Crippen molar-refractivity contribution in [2.45, 2.75) is 353 Å². The highest BCUT2D eigenvalue weighted by Crippen LogP contribution is 2.27. The van der Waals surface area contributed by atoms with Crippen molar-refractivity contribution in [2.24, 2.45) is 0 Å². The quantitative estimate of drug-likeness (QED) is 0.0228. The van der Waals surface area contributed by atoms with E-state index in [0.29, 0.717) is 19.3 Å². The van der Waals surface area contributed by atoms with Gasteiger partial charge in [-0.15, -0.1) is 0 Å². The molecule has 0 radical (unpaired) electrons. The average Bonchev–Trinajstić information content (AvgIpc) is 3.60. The van der Waals surface area contributed by atoms with Crippen LogP contribution in [0.2, 0.25) is 0 Å². The zero-order valence-electron chi connectivity index (χ0n) is 53.2. The van der Waals surface area contributed by atoms with Gasteiger partial charge in [0.05, 0.1) is 6.61 Å². The molecule has 0 bridgehead atoms. The predicted molar refractivity (Wildman–Crippen MR) is 340 cm³/mol. The Morgan fingerprint density at radius 1 is 0.398 bits per heavy atom. The smallest absolute Gasteiger partial charge is 0.335 e. The summed E-state index contributed by atoms with van der Waals surface area (Å²) in [5, 5.41) is 31.6. The van der Waals surface area contributed by atoms with Crippen molar-refractivity contribution in [3.05, 3.63) is 60.8 Å². The van der Waals surface area contributed by atoms with Crippen LogP contribution < -0.4 is 0 Å². The summed E-state index contributed by atoms with van der Waals surface area (Å²) in [6.45, 7) is 5.99. The lowest BCUT2D eigenvalue weighted by Gasteiger charge is -2.40. The van der Waals surface area contributed by atoms with Crippen LogP contribution in [0.5, 0.6) is 0 Å². The number of carbonyl (C=O) groups is 4. The number of allylic oxidation sites excluding steroid dienone is 10. The number of aliphatic hydroxyl groups excluding tert-OH is 2. The average molecular weight is 1170 g/mol. The number of hydrogen-bond donors (Lipinski definition) is 3. The highest BCUT2D eigenvalue weighted by atomic mass is 16.7. The van der Waals surface area contributed by atoms with Crippen LogP contribution in [0.15, 0.2) is 60.8 Å². The van der Waals surface area contributed by atoms with Crippen molar-refractivity contribution in [3.63, 3.8) is 0 Å². The molecule has 1 aliphatic heterocycles. The number of esters is 3. The van der Waals surface area contributed by atoms with Crippen LogP contribution in [0.1, 0.15) is 316 Å². The van der Waals surface area contributed by atoms with Crippen LogP contribution in [0.3, 0.4) is 0 Å². The number of aliphatic carboxylic acids is 1. The van der Waals surface area contributed by atoms with Gasteiger partial charge in [-0.3, -0.25) is 14.4 Å². The summed E-state index contributed by atoms with van der Waals surface area (Å²) >= 11 is 0. The Balaban J connectivity index is 2.64. The molecular formula is C71H124O12. The standard InChI is InChI=1S/C71H124O12/c1-4-7-10-13-16-19-22-25-28-30-32-34-37-39-42-45-48-51-54-57-63(72)79-60-62(81-64(73)58-55-52-49-46-43-40-36-27-24-21-18-15-12-9-6-3)61-80-71-69(67(76)66(75)68(83-71)70(77)78)82-65(74)59-56-53-50-47-44-41-38-35-33-31-29-26-23-20-17-14-11-8-5-2/h17,20,25-29,33,35-36,62,66-69,71,75-76H,4-16,18-19,21-24,30-32,34,37-61H2,1-3H3,(H,77,78)/b20-17-,28-25-,29-26-,35-33-,36-27-. The van der Waals surface area contributed by atoms with Gasteiger partial charge in [-0.1, -0.05) is 248 Å². The molecule has 0 spiro atoms.